The van der Waals surface area contributed by atoms with E-state index in [1.807, 2.05) is 53.7 Å². The molecular formula is C27H35N5O3. The van der Waals surface area contributed by atoms with Crippen molar-refractivity contribution in [3.63, 3.8) is 0 Å². The van der Waals surface area contributed by atoms with E-state index in [4.69, 9.17) is 4.74 Å². The lowest BCUT2D eigenvalue weighted by Gasteiger charge is -2.28. The average molecular weight is 478 g/mol. The molecule has 0 radical (unpaired) electrons. The van der Waals surface area contributed by atoms with Gasteiger partial charge in [-0.3, -0.25) is 9.59 Å². The monoisotopic (exact) mass is 477 g/mol. The van der Waals surface area contributed by atoms with E-state index in [9.17, 15) is 9.59 Å². The van der Waals surface area contributed by atoms with Crippen molar-refractivity contribution in [2.75, 3.05) is 51.8 Å². The number of rotatable bonds is 5. The van der Waals surface area contributed by atoms with Crippen molar-refractivity contribution >= 4 is 28.5 Å². The van der Waals surface area contributed by atoms with E-state index in [1.54, 1.807) is 4.90 Å². The topological polar surface area (TPSA) is 70.9 Å². The third-order valence-corrected chi connectivity index (χ3v) is 6.51. The smallest absolute Gasteiger partial charge is 0.254 e. The number of carbonyl (C=O) groups excluding carboxylic acids is 2. The highest BCUT2D eigenvalue weighted by molar-refractivity contribution is 5.98. The molecule has 1 aliphatic rings. The minimum absolute atomic E-state index is 0.0253. The van der Waals surface area contributed by atoms with E-state index in [0.29, 0.717) is 25.2 Å². The highest BCUT2D eigenvalue weighted by Gasteiger charge is 2.24. The molecule has 0 spiro atoms. The number of methoxy groups -OCH3 is 1. The van der Waals surface area contributed by atoms with Crippen LogP contribution in [-0.4, -0.2) is 78.1 Å². The van der Waals surface area contributed by atoms with Gasteiger partial charge in [-0.25, -0.2) is 4.98 Å². The summed E-state index contributed by atoms with van der Waals surface area (Å²) in [5.74, 6) is -0.109. The first-order chi connectivity index (χ1) is 17.0. The Hall–Kier alpha value is -3.23. The zero-order valence-corrected chi connectivity index (χ0v) is 20.9. The number of hydrogen-bond acceptors (Lipinski definition) is 5. The number of para-hydroxylation sites is 1. The lowest BCUT2D eigenvalue weighted by molar-refractivity contribution is -0.122. The Morgan fingerprint density at radius 1 is 1.06 bits per heavy atom. The lowest BCUT2D eigenvalue weighted by Crippen LogP contribution is -2.37. The number of ether oxygens (including phenoxy) is 1. The molecule has 1 aliphatic heterocycles. The predicted octanol–water partition coefficient (Wildman–Crippen LogP) is 3.40. The molecule has 0 saturated carbocycles. The molecule has 35 heavy (non-hydrogen) atoms. The first kappa shape index (κ1) is 24.9. The number of benzene rings is 2. The van der Waals surface area contributed by atoms with Gasteiger partial charge in [0.05, 0.1) is 17.4 Å². The van der Waals surface area contributed by atoms with Crippen LogP contribution in [0, 0.1) is 0 Å². The highest BCUT2D eigenvalue weighted by Crippen LogP contribution is 2.25. The van der Waals surface area contributed by atoms with Gasteiger partial charge < -0.3 is 24.0 Å². The number of likely N-dealkylation sites (N-methyl/N-ethyl adjacent to an activating group) is 1. The van der Waals surface area contributed by atoms with Gasteiger partial charge in [-0.05, 0) is 56.3 Å². The summed E-state index contributed by atoms with van der Waals surface area (Å²) in [6, 6.07) is 13.6. The van der Waals surface area contributed by atoms with E-state index in [0.717, 1.165) is 54.8 Å². The predicted molar refractivity (Wildman–Crippen MR) is 138 cm³/mol. The highest BCUT2D eigenvalue weighted by atomic mass is 16.5. The van der Waals surface area contributed by atoms with Crippen LogP contribution in [0.5, 0.6) is 0 Å². The first-order valence-corrected chi connectivity index (χ1v) is 12.3. The van der Waals surface area contributed by atoms with Crippen LogP contribution in [0.25, 0.3) is 11.0 Å². The maximum atomic E-state index is 13.7. The van der Waals surface area contributed by atoms with Crippen molar-refractivity contribution in [3.05, 3.63) is 59.9 Å². The summed E-state index contributed by atoms with van der Waals surface area (Å²) in [5.41, 5.74) is 4.28. The molecule has 4 rings (SSSR count). The molecule has 186 valence electrons. The van der Waals surface area contributed by atoms with Crippen LogP contribution in [0.15, 0.2) is 48.8 Å². The quantitative estimate of drug-likeness (QED) is 0.563. The Morgan fingerprint density at radius 2 is 1.89 bits per heavy atom. The number of aromatic nitrogens is 2. The fourth-order valence-corrected chi connectivity index (χ4v) is 4.65. The molecule has 8 heteroatoms. The van der Waals surface area contributed by atoms with E-state index in [2.05, 4.69) is 28.4 Å². The number of nitrogens with zero attached hydrogens (tertiary/aromatic N) is 5. The largest absolute Gasteiger partial charge is 0.375 e. The standard InChI is InChI=1S/C27H35N5O3/c1-4-12-31-20-28-23-17-21(10-11-25(23)31)27(34)30-16-15-29(2)13-7-14-32(26(33)19-35-3)24-9-6-5-8-22(24)18-30/h5-6,8-11,17,20H,4,7,12-16,18-19H2,1-3H3. The fraction of sp³-hybridized carbons (Fsp3) is 0.444. The van der Waals surface area contributed by atoms with Gasteiger partial charge in [0.25, 0.3) is 11.8 Å². The molecule has 2 heterocycles. The van der Waals surface area contributed by atoms with Gasteiger partial charge in [0, 0.05) is 51.1 Å². The Bertz CT molecular complexity index is 1170. The van der Waals surface area contributed by atoms with Crippen LogP contribution in [0.4, 0.5) is 5.69 Å². The number of hydrogen-bond donors (Lipinski definition) is 0. The molecule has 0 N–H and O–H groups in total. The third kappa shape index (κ3) is 5.71. The number of fused-ring (bicyclic) bond motifs is 2. The molecule has 2 amide bonds. The molecule has 3 aromatic rings. The zero-order valence-electron chi connectivity index (χ0n) is 20.9. The van der Waals surface area contributed by atoms with Gasteiger partial charge in [0.15, 0.2) is 0 Å². The van der Waals surface area contributed by atoms with Crippen molar-refractivity contribution in [2.45, 2.75) is 32.9 Å². The summed E-state index contributed by atoms with van der Waals surface area (Å²) in [6.45, 7) is 6.27. The number of amides is 2. The molecule has 0 unspecified atom stereocenters. The molecular weight excluding hydrogens is 442 g/mol. The van der Waals surface area contributed by atoms with Gasteiger partial charge in [-0.15, -0.1) is 0 Å². The Kier molecular flexibility index (Phi) is 8.15. The molecule has 2 aromatic carbocycles. The summed E-state index contributed by atoms with van der Waals surface area (Å²) in [7, 11) is 3.59. The van der Waals surface area contributed by atoms with Crippen molar-refractivity contribution < 1.29 is 14.3 Å². The van der Waals surface area contributed by atoms with Crippen LogP contribution in [0.3, 0.4) is 0 Å². The first-order valence-electron chi connectivity index (χ1n) is 12.3. The van der Waals surface area contributed by atoms with Gasteiger partial charge in [-0.1, -0.05) is 25.1 Å². The van der Waals surface area contributed by atoms with Crippen molar-refractivity contribution in [2.24, 2.45) is 0 Å². The van der Waals surface area contributed by atoms with Crippen molar-refractivity contribution in [3.8, 4) is 0 Å². The van der Waals surface area contributed by atoms with Gasteiger partial charge in [0.2, 0.25) is 0 Å². The van der Waals surface area contributed by atoms with E-state index < -0.39 is 0 Å². The molecule has 0 fully saturated rings. The van der Waals surface area contributed by atoms with Gasteiger partial charge in [0.1, 0.15) is 6.61 Å². The second-order valence-electron chi connectivity index (χ2n) is 9.13. The zero-order chi connectivity index (χ0) is 24.8. The van der Waals surface area contributed by atoms with Crippen LogP contribution >= 0.6 is 0 Å². The Morgan fingerprint density at radius 3 is 2.69 bits per heavy atom. The second kappa shape index (κ2) is 11.5. The summed E-state index contributed by atoms with van der Waals surface area (Å²) >= 11 is 0. The molecule has 0 bridgehead atoms. The third-order valence-electron chi connectivity index (χ3n) is 6.51. The molecule has 0 saturated heterocycles. The number of carbonyl (C=O) groups is 2. The number of aryl methyl sites for hydroxylation is 1. The Labute approximate surface area is 207 Å². The average Bonchev–Trinajstić information content (AvgIpc) is 3.25. The molecule has 0 atom stereocenters. The number of imidazole rings is 1. The van der Waals surface area contributed by atoms with E-state index >= 15 is 0 Å². The summed E-state index contributed by atoms with van der Waals surface area (Å²) in [6.07, 6.45) is 3.70. The van der Waals surface area contributed by atoms with Crippen LogP contribution in [-0.2, 0) is 22.6 Å². The fourth-order valence-electron chi connectivity index (χ4n) is 4.65. The minimum atomic E-state index is -0.0761. The lowest BCUT2D eigenvalue weighted by atomic mass is 10.1. The van der Waals surface area contributed by atoms with Gasteiger partial charge in [-0.2, -0.15) is 0 Å². The minimum Gasteiger partial charge on any atom is -0.375 e. The van der Waals surface area contributed by atoms with Crippen molar-refractivity contribution in [1.82, 2.24) is 19.4 Å². The van der Waals surface area contributed by atoms with E-state index in [1.165, 1.54) is 7.11 Å². The van der Waals surface area contributed by atoms with Crippen LogP contribution < -0.4 is 4.90 Å². The molecule has 8 nitrogen and oxygen atoms in total. The van der Waals surface area contributed by atoms with Crippen LogP contribution in [0.2, 0.25) is 0 Å². The summed E-state index contributed by atoms with van der Waals surface area (Å²) < 4.78 is 7.26. The number of anilines is 1. The Balaban J connectivity index is 1.67. The van der Waals surface area contributed by atoms with E-state index in [-0.39, 0.29) is 18.4 Å². The molecule has 0 aliphatic carbocycles. The van der Waals surface area contributed by atoms with Gasteiger partial charge >= 0.3 is 0 Å². The summed E-state index contributed by atoms with van der Waals surface area (Å²) in [5, 5.41) is 0. The van der Waals surface area contributed by atoms with Crippen molar-refractivity contribution in [1.29, 1.82) is 0 Å². The maximum Gasteiger partial charge on any atom is 0.254 e. The maximum absolute atomic E-state index is 13.7. The van der Waals surface area contributed by atoms with Crippen LogP contribution in [0.1, 0.15) is 35.7 Å². The molecule has 1 aromatic heterocycles. The SMILES string of the molecule is CCCn1cnc2cc(C(=O)N3CCN(C)CCCN(C(=O)COC)c4ccccc4C3)ccc21. The normalized spacial score (nSPS) is 15.6. The summed E-state index contributed by atoms with van der Waals surface area (Å²) in [4.78, 5) is 37.0. The second-order valence-corrected chi connectivity index (χ2v) is 9.13.